The zero-order chi connectivity index (χ0) is 26.3. The molecule has 6 nitrogen and oxygen atoms in total. The van der Waals surface area contributed by atoms with Gasteiger partial charge in [0.15, 0.2) is 17.2 Å². The van der Waals surface area contributed by atoms with Crippen LogP contribution >= 0.6 is 0 Å². The maximum absolute atomic E-state index is 9.75. The third kappa shape index (κ3) is 6.71. The molecular formula is C25H24BF4NO5. The van der Waals surface area contributed by atoms with E-state index in [2.05, 4.69) is 4.99 Å². The van der Waals surface area contributed by atoms with E-state index in [1.165, 1.54) is 0 Å². The highest BCUT2D eigenvalue weighted by atomic mass is 19.5. The molecule has 11 heteroatoms. The van der Waals surface area contributed by atoms with E-state index in [4.69, 9.17) is 23.4 Å². The highest BCUT2D eigenvalue weighted by molar-refractivity contribution is 6.50. The van der Waals surface area contributed by atoms with Gasteiger partial charge in [-0.2, -0.15) is 0 Å². The second-order valence-corrected chi connectivity index (χ2v) is 7.28. The summed E-state index contributed by atoms with van der Waals surface area (Å²) in [5, 5.41) is 1.83. The normalized spacial score (nSPS) is 11.5. The summed E-state index contributed by atoms with van der Waals surface area (Å²) in [4.78, 5) is 3.48. The molecule has 4 rings (SSSR count). The molecule has 0 amide bonds. The summed E-state index contributed by atoms with van der Waals surface area (Å²) in [6.45, 7) is 0. The molecule has 0 fully saturated rings. The Kier molecular flexibility index (Phi) is 8.47. The van der Waals surface area contributed by atoms with E-state index in [1.807, 2.05) is 66.7 Å². The van der Waals surface area contributed by atoms with Gasteiger partial charge in [0.05, 0.1) is 39.9 Å². The maximum Gasteiger partial charge on any atom is 0.673 e. The summed E-state index contributed by atoms with van der Waals surface area (Å²) in [5.41, 5.74) is 2.44. The number of halogens is 4. The Morgan fingerprint density at radius 3 is 2.00 bits per heavy atom. The van der Waals surface area contributed by atoms with Gasteiger partial charge in [0.25, 0.3) is 0 Å². The number of fused-ring (bicyclic) bond motifs is 1. The summed E-state index contributed by atoms with van der Waals surface area (Å²) in [6, 6.07) is 21.2. The Balaban J connectivity index is 0.000000658. The molecule has 1 N–H and O–H groups in total. The van der Waals surface area contributed by atoms with E-state index in [0.29, 0.717) is 23.0 Å². The van der Waals surface area contributed by atoms with E-state index >= 15 is 0 Å². The summed E-state index contributed by atoms with van der Waals surface area (Å²) in [5.74, 6) is 3.39. The van der Waals surface area contributed by atoms with E-state index in [-0.39, 0.29) is 0 Å². The summed E-state index contributed by atoms with van der Waals surface area (Å²) in [6.07, 6.45) is 0. The minimum atomic E-state index is -6.00. The molecule has 0 unspecified atom stereocenters. The van der Waals surface area contributed by atoms with E-state index in [0.717, 1.165) is 33.3 Å². The van der Waals surface area contributed by atoms with Crippen LogP contribution in [0.1, 0.15) is 0 Å². The van der Waals surface area contributed by atoms with Crippen molar-refractivity contribution in [3.8, 4) is 34.3 Å². The Morgan fingerprint density at radius 1 is 0.694 bits per heavy atom. The van der Waals surface area contributed by atoms with Crippen molar-refractivity contribution in [2.45, 2.75) is 0 Å². The van der Waals surface area contributed by atoms with Gasteiger partial charge in [-0.05, 0) is 36.4 Å². The maximum atomic E-state index is 9.75. The molecule has 4 aromatic rings. The molecule has 0 atom stereocenters. The Morgan fingerprint density at radius 2 is 1.36 bits per heavy atom. The number of para-hydroxylation sites is 1. The summed E-state index contributed by atoms with van der Waals surface area (Å²) in [7, 11) is 0.487. The lowest BCUT2D eigenvalue weighted by atomic mass is 10.1. The van der Waals surface area contributed by atoms with Crippen molar-refractivity contribution >= 4 is 23.9 Å². The molecular weight excluding hydrogens is 481 g/mol. The van der Waals surface area contributed by atoms with E-state index in [1.54, 1.807) is 28.4 Å². The molecule has 1 aromatic heterocycles. The molecule has 0 aliphatic carbocycles. The molecule has 0 radical (unpaired) electrons. The van der Waals surface area contributed by atoms with Crippen LogP contribution in [0.3, 0.4) is 0 Å². The Hall–Kier alpha value is -4.15. The van der Waals surface area contributed by atoms with Crippen molar-refractivity contribution in [1.29, 1.82) is 0 Å². The molecule has 0 aliphatic heterocycles. The minimum absolute atomic E-state index is 0.634. The van der Waals surface area contributed by atoms with Gasteiger partial charge in [0.2, 0.25) is 11.0 Å². The second-order valence-electron chi connectivity index (χ2n) is 7.28. The lowest BCUT2D eigenvalue weighted by Gasteiger charge is -2.09. The lowest BCUT2D eigenvalue weighted by molar-refractivity contribution is -0.401. The van der Waals surface area contributed by atoms with Gasteiger partial charge < -0.3 is 40.6 Å². The average molecular weight is 505 g/mol. The van der Waals surface area contributed by atoms with Gasteiger partial charge in [-0.15, -0.1) is 0 Å². The topological polar surface area (TPSA) is 64.0 Å². The molecule has 0 saturated carbocycles. The quantitative estimate of drug-likeness (QED) is 0.303. The van der Waals surface area contributed by atoms with Gasteiger partial charge >= 0.3 is 7.25 Å². The van der Waals surface area contributed by atoms with Crippen molar-refractivity contribution in [2.24, 2.45) is 0 Å². The van der Waals surface area contributed by atoms with Crippen molar-refractivity contribution in [2.75, 3.05) is 28.4 Å². The summed E-state index contributed by atoms with van der Waals surface area (Å²) >= 11 is 0. The fourth-order valence-electron chi connectivity index (χ4n) is 3.42. The van der Waals surface area contributed by atoms with Crippen LogP contribution in [0.2, 0.25) is 0 Å². The molecule has 0 aliphatic rings. The van der Waals surface area contributed by atoms with Gasteiger partial charge in [-0.1, -0.05) is 12.1 Å². The largest absolute Gasteiger partial charge is 0.673 e. The van der Waals surface area contributed by atoms with E-state index in [9.17, 15) is 17.3 Å². The van der Waals surface area contributed by atoms with Gasteiger partial charge in [0, 0.05) is 17.7 Å². The molecule has 36 heavy (non-hydrogen) atoms. The standard InChI is InChI=1S/C25H23NO5.BF4/c1-27-17-10-11-19(24(14-17)29-3)26-20-15-23(31-21-8-6-5-7-18(20)21)16-9-12-22(28-2)25(13-16)30-4;2-1(3,4)5/h5-15H,1-4H3;/q;-1/p+1. The zero-order valence-electron chi connectivity index (χ0n) is 20.0. The number of rotatable bonds is 6. The summed E-state index contributed by atoms with van der Waals surface area (Å²) < 4.78 is 66.9. The highest BCUT2D eigenvalue weighted by Gasteiger charge is 2.20. The fourth-order valence-corrected chi connectivity index (χ4v) is 3.42. The van der Waals surface area contributed by atoms with Crippen molar-refractivity contribution in [1.82, 2.24) is 0 Å². The third-order valence-corrected chi connectivity index (χ3v) is 5.02. The zero-order valence-corrected chi connectivity index (χ0v) is 20.0. The first-order valence-corrected chi connectivity index (χ1v) is 10.6. The van der Waals surface area contributed by atoms with Gasteiger partial charge in [-0.3, -0.25) is 0 Å². The fraction of sp³-hybridized carbons (Fsp3) is 0.160. The van der Waals surface area contributed by atoms with Crippen LogP contribution < -0.4 is 29.3 Å². The molecule has 0 bridgehead atoms. The number of hydrogen-bond acceptors (Lipinski definition) is 5. The molecule has 0 spiro atoms. The first-order valence-electron chi connectivity index (χ1n) is 10.6. The molecule has 0 saturated heterocycles. The van der Waals surface area contributed by atoms with Crippen LogP contribution in [0.4, 0.5) is 23.0 Å². The predicted molar refractivity (Wildman–Crippen MR) is 128 cm³/mol. The third-order valence-electron chi connectivity index (χ3n) is 5.02. The van der Waals surface area contributed by atoms with Gasteiger partial charge in [-0.25, -0.2) is 4.99 Å². The van der Waals surface area contributed by atoms with Crippen molar-refractivity contribution in [3.63, 3.8) is 0 Å². The van der Waals surface area contributed by atoms with Crippen molar-refractivity contribution in [3.05, 3.63) is 72.1 Å². The number of hydrogen-bond donors (Lipinski definition) is 1. The van der Waals surface area contributed by atoms with Crippen molar-refractivity contribution < 1.29 is 45.6 Å². The SMILES string of the molecule is COc1ccc([NH+]=c2cc(-c3ccc(OC)c(OC)c3)oc3ccccc23)c(OC)c1.F[B-](F)(F)F. The van der Waals surface area contributed by atoms with Crippen LogP contribution in [-0.2, 0) is 0 Å². The smallest absolute Gasteiger partial charge is 0.497 e. The molecule has 190 valence electrons. The first kappa shape index (κ1) is 26.5. The highest BCUT2D eigenvalue weighted by Crippen LogP contribution is 2.32. The first-order chi connectivity index (χ1) is 17.2. The van der Waals surface area contributed by atoms with Gasteiger partial charge in [0.1, 0.15) is 17.1 Å². The van der Waals surface area contributed by atoms with Crippen LogP contribution in [0.25, 0.3) is 22.3 Å². The molecule has 1 heterocycles. The van der Waals surface area contributed by atoms with Crippen LogP contribution in [0.15, 0.2) is 71.1 Å². The Bertz CT molecular complexity index is 1400. The number of benzene rings is 3. The van der Waals surface area contributed by atoms with E-state index < -0.39 is 7.25 Å². The number of methoxy groups -OCH3 is 4. The monoisotopic (exact) mass is 505 g/mol. The second kappa shape index (κ2) is 11.5. The van der Waals surface area contributed by atoms with Crippen LogP contribution in [0.5, 0.6) is 23.0 Å². The van der Waals surface area contributed by atoms with Crippen LogP contribution in [-0.4, -0.2) is 35.7 Å². The van der Waals surface area contributed by atoms with Crippen LogP contribution in [0, 0.1) is 0 Å². The predicted octanol–water partition coefficient (Wildman–Crippen LogP) is 4.75. The number of ether oxygens (including phenoxy) is 4. The average Bonchev–Trinajstić information content (AvgIpc) is 2.87. The molecule has 3 aromatic carbocycles. The lowest BCUT2D eigenvalue weighted by Crippen LogP contribution is -2.70. The number of nitrogens with one attached hydrogen (secondary N) is 1. The Labute approximate surface area is 204 Å². The minimum Gasteiger partial charge on any atom is -0.497 e.